The first-order valence-electron chi connectivity index (χ1n) is 11.9. The number of ether oxygens (including phenoxy) is 2. The van der Waals surface area contributed by atoms with E-state index in [2.05, 4.69) is 63.3 Å². The number of aryl methyl sites for hydroxylation is 1. The van der Waals surface area contributed by atoms with Gasteiger partial charge in [-0.3, -0.25) is 10.1 Å². The van der Waals surface area contributed by atoms with Crippen LogP contribution in [0.2, 0.25) is 0 Å². The summed E-state index contributed by atoms with van der Waals surface area (Å²) in [5.41, 5.74) is 6.08. The molecule has 0 fully saturated rings. The summed E-state index contributed by atoms with van der Waals surface area (Å²) in [7, 11) is 3.72. The predicted octanol–water partition coefficient (Wildman–Crippen LogP) is 6.27. The van der Waals surface area contributed by atoms with Crippen LogP contribution >= 0.6 is 0 Å². The van der Waals surface area contributed by atoms with E-state index in [4.69, 9.17) is 9.47 Å². The van der Waals surface area contributed by atoms with Crippen LogP contribution in [-0.4, -0.2) is 33.5 Å². The van der Waals surface area contributed by atoms with Crippen molar-refractivity contribution in [2.45, 2.75) is 6.42 Å². The first-order valence-corrected chi connectivity index (χ1v) is 11.9. The maximum Gasteiger partial charge on any atom is 0.129 e. The minimum atomic E-state index is 0.554. The van der Waals surface area contributed by atoms with Crippen LogP contribution in [0.3, 0.4) is 0 Å². The van der Waals surface area contributed by atoms with Crippen LogP contribution in [0.25, 0.3) is 35.2 Å². The van der Waals surface area contributed by atoms with Crippen molar-refractivity contribution in [3.63, 3.8) is 0 Å². The maximum absolute atomic E-state index is 5.89. The van der Waals surface area contributed by atoms with Gasteiger partial charge >= 0.3 is 0 Å². The van der Waals surface area contributed by atoms with Crippen molar-refractivity contribution in [3.05, 3.63) is 107 Å². The SMILES string of the molecule is COc1cc(OCCc2ccccn2)ccc1C=Cc1cc(C=Cc2ccc3ccn(C)c3c2)n[nH]1. The van der Waals surface area contributed by atoms with Gasteiger partial charge in [0.15, 0.2) is 0 Å². The van der Waals surface area contributed by atoms with Crippen LogP contribution in [0.15, 0.2) is 79.1 Å². The third kappa shape index (κ3) is 5.55. The Balaban J connectivity index is 1.22. The molecule has 3 aromatic heterocycles. The number of benzene rings is 2. The van der Waals surface area contributed by atoms with Crippen LogP contribution in [-0.2, 0) is 13.5 Å². The van der Waals surface area contributed by atoms with Gasteiger partial charge in [0.1, 0.15) is 11.5 Å². The standard InChI is InChI=1S/C30H28N4O2/c1-34-17-14-23-8-6-22(19-29(23)34)7-11-26-20-27(33-32-26)12-9-24-10-13-28(21-30(24)35-2)36-18-15-25-5-3-4-16-31-25/h3-14,16-17,19-21H,15,18H2,1-2H3,(H,32,33). The summed E-state index contributed by atoms with van der Waals surface area (Å²) in [6.45, 7) is 0.554. The Morgan fingerprint density at radius 1 is 0.944 bits per heavy atom. The van der Waals surface area contributed by atoms with Crippen LogP contribution in [0.5, 0.6) is 11.5 Å². The summed E-state index contributed by atoms with van der Waals surface area (Å²) in [5, 5.41) is 8.72. The second-order valence-corrected chi connectivity index (χ2v) is 8.48. The Bertz CT molecular complexity index is 1510. The molecule has 0 saturated carbocycles. The van der Waals surface area contributed by atoms with Gasteiger partial charge in [0, 0.05) is 48.7 Å². The Morgan fingerprint density at radius 2 is 1.89 bits per heavy atom. The summed E-state index contributed by atoms with van der Waals surface area (Å²) in [6.07, 6.45) is 12.7. The lowest BCUT2D eigenvalue weighted by Gasteiger charge is -2.10. The van der Waals surface area contributed by atoms with E-state index in [1.165, 1.54) is 10.9 Å². The van der Waals surface area contributed by atoms with Gasteiger partial charge in [0.05, 0.1) is 25.1 Å². The second-order valence-electron chi connectivity index (χ2n) is 8.48. The lowest BCUT2D eigenvalue weighted by atomic mass is 10.1. The Kier molecular flexibility index (Phi) is 6.94. The largest absolute Gasteiger partial charge is 0.496 e. The molecular weight excluding hydrogens is 448 g/mol. The van der Waals surface area contributed by atoms with Crippen LogP contribution in [0.4, 0.5) is 0 Å². The number of H-pyrrole nitrogens is 1. The molecule has 2 aromatic carbocycles. The van der Waals surface area contributed by atoms with Crippen molar-refractivity contribution in [1.29, 1.82) is 0 Å². The van der Waals surface area contributed by atoms with E-state index in [1.807, 2.05) is 60.7 Å². The van der Waals surface area contributed by atoms with Crippen molar-refractivity contribution in [3.8, 4) is 11.5 Å². The Morgan fingerprint density at radius 3 is 2.75 bits per heavy atom. The number of fused-ring (bicyclic) bond motifs is 1. The van der Waals surface area contributed by atoms with Gasteiger partial charge in [-0.15, -0.1) is 0 Å². The number of aromatic nitrogens is 4. The molecule has 1 N–H and O–H groups in total. The number of nitrogens with zero attached hydrogens (tertiary/aromatic N) is 3. The monoisotopic (exact) mass is 476 g/mol. The van der Waals surface area contributed by atoms with Gasteiger partial charge in [0.2, 0.25) is 0 Å². The zero-order valence-corrected chi connectivity index (χ0v) is 20.4. The molecule has 6 heteroatoms. The van der Waals surface area contributed by atoms with Crippen molar-refractivity contribution in [2.75, 3.05) is 13.7 Å². The fourth-order valence-electron chi connectivity index (χ4n) is 4.01. The van der Waals surface area contributed by atoms with E-state index in [9.17, 15) is 0 Å². The predicted molar refractivity (Wildman–Crippen MR) is 146 cm³/mol. The molecule has 3 heterocycles. The molecule has 0 atom stereocenters. The molecule has 0 aliphatic carbocycles. The zero-order chi connectivity index (χ0) is 24.7. The van der Waals surface area contributed by atoms with Gasteiger partial charge in [0.25, 0.3) is 0 Å². The van der Waals surface area contributed by atoms with E-state index in [-0.39, 0.29) is 0 Å². The molecule has 0 unspecified atom stereocenters. The summed E-state index contributed by atoms with van der Waals surface area (Å²) in [6, 6.07) is 22.3. The van der Waals surface area contributed by atoms with Gasteiger partial charge in [-0.2, -0.15) is 5.10 Å². The van der Waals surface area contributed by atoms with Gasteiger partial charge in [-0.05, 0) is 71.6 Å². The van der Waals surface area contributed by atoms with E-state index in [0.29, 0.717) is 6.61 Å². The molecule has 180 valence electrons. The minimum absolute atomic E-state index is 0.554. The Labute approximate surface area is 210 Å². The molecule has 0 amide bonds. The topological polar surface area (TPSA) is 65.0 Å². The lowest BCUT2D eigenvalue weighted by molar-refractivity contribution is 0.317. The zero-order valence-electron chi connectivity index (χ0n) is 20.4. The molecule has 0 saturated heterocycles. The third-order valence-electron chi connectivity index (χ3n) is 5.98. The number of pyridine rings is 1. The fraction of sp³-hybridized carbons (Fsp3) is 0.133. The highest BCUT2D eigenvalue weighted by Crippen LogP contribution is 2.27. The van der Waals surface area contributed by atoms with Crippen molar-refractivity contribution in [2.24, 2.45) is 7.05 Å². The third-order valence-corrected chi connectivity index (χ3v) is 5.98. The average molecular weight is 477 g/mol. The van der Waals surface area contributed by atoms with Gasteiger partial charge < -0.3 is 14.0 Å². The first kappa shape index (κ1) is 23.2. The van der Waals surface area contributed by atoms with E-state index < -0.39 is 0 Å². The quantitative estimate of drug-likeness (QED) is 0.272. The summed E-state index contributed by atoms with van der Waals surface area (Å²) < 4.78 is 13.6. The number of rotatable bonds is 9. The normalized spacial score (nSPS) is 11.6. The smallest absolute Gasteiger partial charge is 0.129 e. The minimum Gasteiger partial charge on any atom is -0.496 e. The molecule has 0 spiro atoms. The molecule has 0 aliphatic rings. The number of aromatic amines is 1. The highest BCUT2D eigenvalue weighted by molar-refractivity contribution is 5.84. The van der Waals surface area contributed by atoms with E-state index in [0.717, 1.165) is 46.1 Å². The van der Waals surface area contributed by atoms with Crippen molar-refractivity contribution in [1.82, 2.24) is 19.7 Å². The number of hydrogen-bond acceptors (Lipinski definition) is 4. The molecule has 0 radical (unpaired) electrons. The maximum atomic E-state index is 5.89. The Hall–Kier alpha value is -4.58. The summed E-state index contributed by atoms with van der Waals surface area (Å²) in [4.78, 5) is 4.32. The highest BCUT2D eigenvalue weighted by atomic mass is 16.5. The van der Waals surface area contributed by atoms with Crippen molar-refractivity contribution < 1.29 is 9.47 Å². The first-order chi connectivity index (χ1) is 17.7. The molecule has 36 heavy (non-hydrogen) atoms. The van der Waals surface area contributed by atoms with E-state index >= 15 is 0 Å². The fourth-order valence-corrected chi connectivity index (χ4v) is 4.01. The average Bonchev–Trinajstić information content (AvgIpc) is 3.53. The molecule has 5 rings (SSSR count). The molecule has 5 aromatic rings. The number of nitrogens with one attached hydrogen (secondary N) is 1. The van der Waals surface area contributed by atoms with Gasteiger partial charge in [-0.25, -0.2) is 0 Å². The lowest BCUT2D eigenvalue weighted by Crippen LogP contribution is -2.03. The van der Waals surface area contributed by atoms with Gasteiger partial charge in [-0.1, -0.05) is 24.3 Å². The number of methoxy groups -OCH3 is 1. The highest BCUT2D eigenvalue weighted by Gasteiger charge is 2.05. The molecule has 0 bridgehead atoms. The van der Waals surface area contributed by atoms with Crippen molar-refractivity contribution >= 4 is 35.2 Å². The van der Waals surface area contributed by atoms with Crippen LogP contribution in [0.1, 0.15) is 28.2 Å². The molecule has 6 nitrogen and oxygen atoms in total. The number of hydrogen-bond donors (Lipinski definition) is 1. The van der Waals surface area contributed by atoms with E-state index in [1.54, 1.807) is 13.3 Å². The summed E-state index contributed by atoms with van der Waals surface area (Å²) >= 11 is 0. The second kappa shape index (κ2) is 10.8. The molecular formula is C30H28N4O2. The summed E-state index contributed by atoms with van der Waals surface area (Å²) in [5.74, 6) is 1.51. The molecule has 0 aliphatic heterocycles. The van der Waals surface area contributed by atoms with Crippen LogP contribution in [0, 0.1) is 0 Å². The van der Waals surface area contributed by atoms with Crippen LogP contribution < -0.4 is 9.47 Å².